The Morgan fingerprint density at radius 3 is 2.31 bits per heavy atom. The van der Waals surface area contributed by atoms with Gasteiger partial charge in [0.15, 0.2) is 29.0 Å². The predicted octanol–water partition coefficient (Wildman–Crippen LogP) is 5.61. The van der Waals surface area contributed by atoms with Crippen molar-refractivity contribution in [3.63, 3.8) is 0 Å². The molecule has 2 fully saturated rings. The number of amides is 3. The lowest BCUT2D eigenvalue weighted by molar-refractivity contribution is -0.134. The molecule has 2 heterocycles. The maximum absolute atomic E-state index is 14.6. The van der Waals surface area contributed by atoms with Gasteiger partial charge in [-0.25, -0.2) is 17.6 Å². The summed E-state index contributed by atoms with van der Waals surface area (Å²) in [6.45, 7) is 0.827. The SMILES string of the molecule is NC(=O)CCCC(=O)N1C[C@H]2CC(c3ccc(CCCOc4c(F)ccc(F)c4F)cc3)=C(C(=O)N(CCc3cccc(F)c3F)C3CC3)[C@@H](C1)N2. The highest BCUT2D eigenvalue weighted by Crippen LogP contribution is 2.37. The number of nitrogens with two attached hydrogens (primary N) is 1. The molecular formula is C39H41F5N4O4. The highest BCUT2D eigenvalue weighted by atomic mass is 19.2. The molecule has 0 aromatic heterocycles. The van der Waals surface area contributed by atoms with E-state index in [1.165, 1.54) is 12.1 Å². The van der Waals surface area contributed by atoms with Crippen molar-refractivity contribution in [2.45, 2.75) is 75.9 Å². The van der Waals surface area contributed by atoms with E-state index in [9.17, 15) is 36.3 Å². The minimum atomic E-state index is -1.37. The molecule has 1 aliphatic carbocycles. The number of rotatable bonds is 15. The average molecular weight is 725 g/mol. The zero-order chi connectivity index (χ0) is 36.9. The van der Waals surface area contributed by atoms with Crippen molar-refractivity contribution < 1.29 is 41.1 Å². The first-order chi connectivity index (χ1) is 25.0. The summed E-state index contributed by atoms with van der Waals surface area (Å²) in [5.41, 5.74) is 8.56. The van der Waals surface area contributed by atoms with E-state index in [0.29, 0.717) is 43.9 Å². The van der Waals surface area contributed by atoms with Crippen LogP contribution in [0.3, 0.4) is 0 Å². The second kappa shape index (κ2) is 16.3. The Bertz CT molecular complexity index is 1850. The van der Waals surface area contributed by atoms with Crippen molar-refractivity contribution in [2.75, 3.05) is 26.2 Å². The highest BCUT2D eigenvalue weighted by Gasteiger charge is 2.43. The smallest absolute Gasteiger partial charge is 0.252 e. The molecule has 0 radical (unpaired) electrons. The molecule has 3 aliphatic rings. The number of nitrogens with zero attached hydrogens (tertiary/aromatic N) is 2. The number of carbonyl (C=O) groups excluding carboxylic acids is 3. The largest absolute Gasteiger partial charge is 0.488 e. The van der Waals surface area contributed by atoms with Gasteiger partial charge in [-0.3, -0.25) is 14.4 Å². The fourth-order valence-corrected chi connectivity index (χ4v) is 7.08. The third-order valence-electron chi connectivity index (χ3n) is 9.86. The summed E-state index contributed by atoms with van der Waals surface area (Å²) in [6, 6.07) is 12.5. The second-order valence-corrected chi connectivity index (χ2v) is 13.6. The molecule has 3 N–H and O–H groups in total. The summed E-state index contributed by atoms with van der Waals surface area (Å²) >= 11 is 0. The number of benzene rings is 3. The van der Waals surface area contributed by atoms with E-state index in [1.807, 2.05) is 24.3 Å². The third-order valence-corrected chi connectivity index (χ3v) is 9.86. The normalized spacial score (nSPS) is 18.4. The van der Waals surface area contributed by atoms with Crippen LogP contribution in [0.5, 0.6) is 5.75 Å². The van der Waals surface area contributed by atoms with E-state index >= 15 is 0 Å². The van der Waals surface area contributed by atoms with Crippen LogP contribution in [0, 0.1) is 29.1 Å². The van der Waals surface area contributed by atoms with Gasteiger partial charge in [0.1, 0.15) is 0 Å². The molecule has 1 saturated heterocycles. The van der Waals surface area contributed by atoms with Crippen LogP contribution in [0.25, 0.3) is 5.57 Å². The third kappa shape index (κ3) is 8.63. The first-order valence-electron chi connectivity index (χ1n) is 17.6. The molecule has 2 atom stereocenters. The first-order valence-corrected chi connectivity index (χ1v) is 17.6. The predicted molar refractivity (Wildman–Crippen MR) is 183 cm³/mol. The number of piperazine rings is 1. The van der Waals surface area contributed by atoms with E-state index in [4.69, 9.17) is 10.5 Å². The summed E-state index contributed by atoms with van der Waals surface area (Å²) in [6.07, 6.45) is 3.69. The van der Waals surface area contributed by atoms with E-state index in [1.54, 1.807) is 9.80 Å². The maximum Gasteiger partial charge on any atom is 0.252 e. The zero-order valence-corrected chi connectivity index (χ0v) is 28.6. The number of aryl methyl sites for hydroxylation is 1. The lowest BCUT2D eigenvalue weighted by Gasteiger charge is -2.45. The first kappa shape index (κ1) is 37.0. The van der Waals surface area contributed by atoms with Gasteiger partial charge >= 0.3 is 0 Å². The van der Waals surface area contributed by atoms with Crippen molar-refractivity contribution in [3.8, 4) is 5.75 Å². The Morgan fingerprint density at radius 1 is 0.846 bits per heavy atom. The van der Waals surface area contributed by atoms with Crippen LogP contribution in [0.15, 0.2) is 60.2 Å². The van der Waals surface area contributed by atoms with E-state index in [-0.39, 0.29) is 68.4 Å². The van der Waals surface area contributed by atoms with Crippen LogP contribution in [-0.2, 0) is 27.2 Å². The molecule has 13 heteroatoms. The Kier molecular flexibility index (Phi) is 11.6. The number of primary amides is 1. The fraction of sp³-hybridized carbons (Fsp3) is 0.410. The van der Waals surface area contributed by atoms with Gasteiger partial charge in [-0.15, -0.1) is 0 Å². The summed E-state index contributed by atoms with van der Waals surface area (Å²) in [5.74, 6) is -6.97. The zero-order valence-electron chi connectivity index (χ0n) is 28.6. The molecule has 1 saturated carbocycles. The molecule has 6 rings (SSSR count). The topological polar surface area (TPSA) is 105 Å². The molecule has 0 spiro atoms. The summed E-state index contributed by atoms with van der Waals surface area (Å²) < 4.78 is 75.1. The van der Waals surface area contributed by atoms with Crippen molar-refractivity contribution in [1.82, 2.24) is 15.1 Å². The standard InChI is InChI=1S/C39H41F5N4O4/c40-29-6-1-5-25(36(29)43)17-18-48(27-13-14-27)39(51)35-28(20-26-21-47(22-32(35)46-26)34(50)8-2-7-33(45)49)24-11-9-23(10-12-24)4-3-19-52-38-31(42)16-15-30(41)37(38)44/h1,5-6,9-12,15-16,26-27,32,46H,2-4,7-8,13-14,17-22H2,(H2,45,49)/t26-,32-/m1/s1. The number of halogens is 5. The van der Waals surface area contributed by atoms with Gasteiger partial charge in [0.25, 0.3) is 5.91 Å². The van der Waals surface area contributed by atoms with E-state index in [2.05, 4.69) is 5.32 Å². The molecule has 2 bridgehead atoms. The summed E-state index contributed by atoms with van der Waals surface area (Å²) in [5, 5.41) is 3.54. The lowest BCUT2D eigenvalue weighted by Crippen LogP contribution is -2.62. The fourth-order valence-electron chi connectivity index (χ4n) is 7.08. The monoisotopic (exact) mass is 724 g/mol. The van der Waals surface area contributed by atoms with Gasteiger partial charge in [-0.1, -0.05) is 36.4 Å². The minimum absolute atomic E-state index is 0.0356. The Labute approximate surface area is 298 Å². The molecule has 0 unspecified atom stereocenters. The molecule has 276 valence electrons. The van der Waals surface area contributed by atoms with Crippen LogP contribution in [-0.4, -0.2) is 71.9 Å². The molecule has 3 aromatic carbocycles. The lowest BCUT2D eigenvalue weighted by atomic mass is 9.82. The number of fused-ring (bicyclic) bond motifs is 2. The van der Waals surface area contributed by atoms with Crippen molar-refractivity contribution in [3.05, 3.63) is 106 Å². The number of nitrogens with one attached hydrogen (secondary N) is 1. The van der Waals surface area contributed by atoms with Gasteiger partial charge in [0.2, 0.25) is 17.6 Å². The quantitative estimate of drug-likeness (QED) is 0.121. The van der Waals surface area contributed by atoms with Gasteiger partial charge < -0.3 is 25.6 Å². The highest BCUT2D eigenvalue weighted by molar-refractivity contribution is 6.03. The van der Waals surface area contributed by atoms with Gasteiger partial charge in [-0.2, -0.15) is 4.39 Å². The maximum atomic E-state index is 14.6. The van der Waals surface area contributed by atoms with Crippen LogP contribution < -0.4 is 15.8 Å². The van der Waals surface area contributed by atoms with Gasteiger partial charge in [0.05, 0.1) is 12.6 Å². The van der Waals surface area contributed by atoms with Crippen molar-refractivity contribution in [1.29, 1.82) is 0 Å². The Balaban J connectivity index is 1.22. The number of ether oxygens (including phenoxy) is 1. The van der Waals surface area contributed by atoms with E-state index < -0.39 is 46.8 Å². The molecule has 3 amide bonds. The molecule has 52 heavy (non-hydrogen) atoms. The van der Waals surface area contributed by atoms with Crippen LogP contribution in [0.4, 0.5) is 22.0 Å². The molecule has 8 nitrogen and oxygen atoms in total. The van der Waals surface area contributed by atoms with E-state index in [0.717, 1.165) is 41.7 Å². The second-order valence-electron chi connectivity index (χ2n) is 13.6. The Hall–Kier alpha value is -4.78. The van der Waals surface area contributed by atoms with Crippen LogP contribution >= 0.6 is 0 Å². The van der Waals surface area contributed by atoms with Gasteiger partial charge in [0, 0.05) is 50.1 Å². The Morgan fingerprint density at radius 2 is 1.58 bits per heavy atom. The summed E-state index contributed by atoms with van der Waals surface area (Å²) in [7, 11) is 0. The van der Waals surface area contributed by atoms with Crippen molar-refractivity contribution >= 4 is 23.3 Å². The minimum Gasteiger partial charge on any atom is -0.488 e. The molecule has 2 aliphatic heterocycles. The summed E-state index contributed by atoms with van der Waals surface area (Å²) in [4.78, 5) is 42.5. The average Bonchev–Trinajstić information content (AvgIpc) is 3.96. The number of carbonyl (C=O) groups is 3. The molecule has 3 aromatic rings. The number of hydrogen-bond acceptors (Lipinski definition) is 5. The molecular weight excluding hydrogens is 683 g/mol. The van der Waals surface area contributed by atoms with Crippen molar-refractivity contribution in [2.24, 2.45) is 5.73 Å². The van der Waals surface area contributed by atoms with Crippen LogP contribution in [0.2, 0.25) is 0 Å². The van der Waals surface area contributed by atoms with Gasteiger partial charge in [-0.05, 0) is 85.4 Å². The number of hydrogen-bond donors (Lipinski definition) is 2. The van der Waals surface area contributed by atoms with Crippen LogP contribution in [0.1, 0.15) is 61.6 Å².